The Morgan fingerprint density at radius 3 is 2.65 bits per heavy atom. The Bertz CT molecular complexity index is 492. The molecule has 0 fully saturated rings. The summed E-state index contributed by atoms with van der Waals surface area (Å²) in [5.74, 6) is -0.614. The summed E-state index contributed by atoms with van der Waals surface area (Å²) in [5.41, 5.74) is 0.410. The number of anilines is 1. The summed E-state index contributed by atoms with van der Waals surface area (Å²) in [7, 11) is 1.69. The molecule has 0 saturated carbocycles. The third kappa shape index (κ3) is 5.39. The number of hydrogen-bond donors (Lipinski definition) is 1. The predicted molar refractivity (Wildman–Crippen MR) is 82.3 cm³/mol. The third-order valence-electron chi connectivity index (χ3n) is 2.79. The summed E-state index contributed by atoms with van der Waals surface area (Å²) in [4.78, 5) is 25.2. The minimum atomic E-state index is -0.400. The monoisotopic (exact) mass is 316 g/mol. The number of carbonyl (C=O) groups is 2. The van der Waals surface area contributed by atoms with Gasteiger partial charge in [-0.3, -0.25) is 9.59 Å². The minimum Gasteiger partial charge on any atom is -0.345 e. The Hall–Kier alpha value is -1.26. The van der Waals surface area contributed by atoms with Gasteiger partial charge in [0.25, 0.3) is 0 Å². The molecule has 0 unspecified atom stereocenters. The lowest BCUT2D eigenvalue weighted by Crippen LogP contribution is -2.31. The smallest absolute Gasteiger partial charge is 0.233 e. The van der Waals surface area contributed by atoms with E-state index in [4.69, 9.17) is 23.2 Å². The zero-order valence-electron chi connectivity index (χ0n) is 11.6. The molecule has 0 saturated heterocycles. The highest BCUT2D eigenvalue weighted by Crippen LogP contribution is 2.25. The van der Waals surface area contributed by atoms with Crippen LogP contribution in [0, 0.1) is 0 Å². The quantitative estimate of drug-likeness (QED) is 0.815. The summed E-state index contributed by atoms with van der Waals surface area (Å²) in [6.07, 6.45) is 1.72. The first-order valence-electron chi connectivity index (χ1n) is 6.43. The molecule has 0 aliphatic heterocycles. The SMILES string of the molecule is CCCCN(C)C(=O)CC(=O)Nc1cc(Cl)ccc1Cl. The first-order chi connectivity index (χ1) is 9.43. The van der Waals surface area contributed by atoms with Crippen molar-refractivity contribution < 1.29 is 9.59 Å². The molecule has 4 nitrogen and oxygen atoms in total. The lowest BCUT2D eigenvalue weighted by atomic mass is 10.2. The second-order valence-corrected chi connectivity index (χ2v) is 5.36. The van der Waals surface area contributed by atoms with Crippen molar-refractivity contribution in [2.75, 3.05) is 18.9 Å². The van der Waals surface area contributed by atoms with Gasteiger partial charge in [-0.2, -0.15) is 0 Å². The number of rotatable bonds is 6. The van der Waals surface area contributed by atoms with E-state index >= 15 is 0 Å². The number of amides is 2. The largest absolute Gasteiger partial charge is 0.345 e. The van der Waals surface area contributed by atoms with Crippen LogP contribution >= 0.6 is 23.2 Å². The number of halogens is 2. The maximum atomic E-state index is 11.8. The predicted octanol–water partition coefficient (Wildman–Crippen LogP) is 3.58. The van der Waals surface area contributed by atoms with Gasteiger partial charge in [0, 0.05) is 18.6 Å². The van der Waals surface area contributed by atoms with E-state index in [-0.39, 0.29) is 12.3 Å². The topological polar surface area (TPSA) is 49.4 Å². The third-order valence-corrected chi connectivity index (χ3v) is 3.35. The molecule has 0 aliphatic rings. The van der Waals surface area contributed by atoms with Gasteiger partial charge in [-0.1, -0.05) is 36.5 Å². The van der Waals surface area contributed by atoms with Crippen LogP contribution in [0.1, 0.15) is 26.2 Å². The minimum absolute atomic E-state index is 0.205. The Balaban J connectivity index is 2.55. The number of hydrogen-bond acceptors (Lipinski definition) is 2. The van der Waals surface area contributed by atoms with Crippen LogP contribution < -0.4 is 5.32 Å². The molecule has 0 aromatic heterocycles. The molecule has 0 bridgehead atoms. The van der Waals surface area contributed by atoms with Crippen molar-refractivity contribution in [1.29, 1.82) is 0 Å². The van der Waals surface area contributed by atoms with Crippen LogP contribution in [0.2, 0.25) is 10.0 Å². The molecule has 2 amide bonds. The van der Waals surface area contributed by atoms with Gasteiger partial charge < -0.3 is 10.2 Å². The van der Waals surface area contributed by atoms with Crippen molar-refractivity contribution in [2.45, 2.75) is 26.2 Å². The summed E-state index contributed by atoms with van der Waals surface area (Å²) >= 11 is 11.8. The van der Waals surface area contributed by atoms with Crippen LogP contribution in [0.15, 0.2) is 18.2 Å². The fourth-order valence-electron chi connectivity index (χ4n) is 1.58. The highest BCUT2D eigenvalue weighted by Gasteiger charge is 2.14. The Kier molecular flexibility index (Phi) is 6.82. The average molecular weight is 317 g/mol. The summed E-state index contributed by atoms with van der Waals surface area (Å²) < 4.78 is 0. The van der Waals surface area contributed by atoms with Crippen LogP contribution in [-0.4, -0.2) is 30.3 Å². The second-order valence-electron chi connectivity index (χ2n) is 4.52. The van der Waals surface area contributed by atoms with Gasteiger partial charge in [-0.25, -0.2) is 0 Å². The molecular formula is C14H18Cl2N2O2. The first-order valence-corrected chi connectivity index (χ1v) is 7.18. The molecule has 110 valence electrons. The fraction of sp³-hybridized carbons (Fsp3) is 0.429. The highest BCUT2D eigenvalue weighted by atomic mass is 35.5. The lowest BCUT2D eigenvalue weighted by Gasteiger charge is -2.16. The summed E-state index contributed by atoms with van der Waals surface area (Å²) in [6.45, 7) is 2.70. The van der Waals surface area contributed by atoms with E-state index in [0.717, 1.165) is 12.8 Å². The first kappa shape index (κ1) is 16.8. The highest BCUT2D eigenvalue weighted by molar-refractivity contribution is 6.35. The van der Waals surface area contributed by atoms with Crippen molar-refractivity contribution in [1.82, 2.24) is 4.90 Å². The molecule has 0 aliphatic carbocycles. The number of nitrogens with one attached hydrogen (secondary N) is 1. The van der Waals surface area contributed by atoms with Gasteiger partial charge in [0.15, 0.2) is 0 Å². The number of carbonyl (C=O) groups excluding carboxylic acids is 2. The molecule has 0 heterocycles. The molecule has 1 aromatic carbocycles. The van der Waals surface area contributed by atoms with Crippen molar-refractivity contribution in [3.63, 3.8) is 0 Å². The lowest BCUT2D eigenvalue weighted by molar-refractivity contribution is -0.133. The molecular weight excluding hydrogens is 299 g/mol. The van der Waals surface area contributed by atoms with Crippen LogP contribution in [0.3, 0.4) is 0 Å². The second kappa shape index (κ2) is 8.12. The van der Waals surface area contributed by atoms with E-state index in [0.29, 0.717) is 22.3 Å². The van der Waals surface area contributed by atoms with Gasteiger partial charge in [-0.15, -0.1) is 0 Å². The normalized spacial score (nSPS) is 10.2. The zero-order valence-corrected chi connectivity index (χ0v) is 13.1. The van der Waals surface area contributed by atoms with Gasteiger partial charge in [0.1, 0.15) is 6.42 Å². The van der Waals surface area contributed by atoms with E-state index in [2.05, 4.69) is 5.32 Å². The van der Waals surface area contributed by atoms with Gasteiger partial charge in [0.2, 0.25) is 11.8 Å². The van der Waals surface area contributed by atoms with Crippen LogP contribution in [-0.2, 0) is 9.59 Å². The number of unbranched alkanes of at least 4 members (excludes halogenated alkanes) is 1. The van der Waals surface area contributed by atoms with Crippen molar-refractivity contribution in [2.24, 2.45) is 0 Å². The van der Waals surface area contributed by atoms with Crippen molar-refractivity contribution >= 4 is 40.7 Å². The van der Waals surface area contributed by atoms with E-state index in [1.54, 1.807) is 30.1 Å². The van der Waals surface area contributed by atoms with Gasteiger partial charge in [-0.05, 0) is 24.6 Å². The number of nitrogens with zero attached hydrogens (tertiary/aromatic N) is 1. The maximum Gasteiger partial charge on any atom is 0.233 e. The molecule has 0 spiro atoms. The summed E-state index contributed by atoms with van der Waals surface area (Å²) in [5, 5.41) is 3.44. The van der Waals surface area contributed by atoms with Crippen LogP contribution in [0.5, 0.6) is 0 Å². The zero-order chi connectivity index (χ0) is 15.1. The standard InChI is InChI=1S/C14H18Cl2N2O2/c1-3-4-7-18(2)14(20)9-13(19)17-12-8-10(15)5-6-11(12)16/h5-6,8H,3-4,7,9H2,1-2H3,(H,17,19). The van der Waals surface area contributed by atoms with Crippen LogP contribution in [0.25, 0.3) is 0 Å². The van der Waals surface area contributed by atoms with Crippen LogP contribution in [0.4, 0.5) is 5.69 Å². The van der Waals surface area contributed by atoms with Gasteiger partial charge >= 0.3 is 0 Å². The summed E-state index contributed by atoms with van der Waals surface area (Å²) in [6, 6.07) is 4.77. The van der Waals surface area contributed by atoms with Crippen molar-refractivity contribution in [3.8, 4) is 0 Å². The molecule has 1 N–H and O–H groups in total. The number of benzene rings is 1. The maximum absolute atomic E-state index is 11.8. The van der Waals surface area contributed by atoms with E-state index in [1.807, 2.05) is 6.92 Å². The van der Waals surface area contributed by atoms with E-state index in [1.165, 1.54) is 0 Å². The van der Waals surface area contributed by atoms with Crippen molar-refractivity contribution in [3.05, 3.63) is 28.2 Å². The fourth-order valence-corrected chi connectivity index (χ4v) is 1.92. The van der Waals surface area contributed by atoms with Gasteiger partial charge in [0.05, 0.1) is 10.7 Å². The Morgan fingerprint density at radius 2 is 2.00 bits per heavy atom. The average Bonchev–Trinajstić information content (AvgIpc) is 2.40. The molecule has 0 atom stereocenters. The molecule has 20 heavy (non-hydrogen) atoms. The molecule has 1 rings (SSSR count). The molecule has 1 aromatic rings. The Labute approximate surface area is 129 Å². The Morgan fingerprint density at radius 1 is 1.30 bits per heavy atom. The molecule has 0 radical (unpaired) electrons. The van der Waals surface area contributed by atoms with E-state index in [9.17, 15) is 9.59 Å². The molecule has 6 heteroatoms. The van der Waals surface area contributed by atoms with E-state index < -0.39 is 5.91 Å².